The van der Waals surface area contributed by atoms with Gasteiger partial charge >= 0.3 is 0 Å². The van der Waals surface area contributed by atoms with Gasteiger partial charge in [-0.3, -0.25) is 9.59 Å². The highest BCUT2D eigenvalue weighted by atomic mass is 16.3. The number of nitrogens with zero attached hydrogens (tertiary/aromatic N) is 1. The standard InChI is InChI=1S/C14H16N2O3/c17-12-7-16(8-12)14(19)10-3-5-11(6-4-10)15-13(18)9-1-2-9/h3-6,9,12,17H,1-2,7-8H2,(H,15,18). The molecule has 100 valence electrons. The lowest BCUT2D eigenvalue weighted by Crippen LogP contribution is -2.53. The molecule has 0 radical (unpaired) electrons. The number of β-amino-alcohol motifs (C(OH)–C–C–N with tert-alkyl or cyclic N) is 1. The Morgan fingerprint density at radius 2 is 1.79 bits per heavy atom. The molecule has 2 aliphatic rings. The van der Waals surface area contributed by atoms with E-state index in [9.17, 15) is 14.7 Å². The first-order valence-electron chi connectivity index (χ1n) is 6.52. The van der Waals surface area contributed by atoms with Crippen molar-refractivity contribution in [3.8, 4) is 0 Å². The van der Waals surface area contributed by atoms with Gasteiger partial charge in [0.2, 0.25) is 5.91 Å². The molecule has 1 saturated carbocycles. The number of aliphatic hydroxyl groups excluding tert-OH is 1. The summed E-state index contributed by atoms with van der Waals surface area (Å²) in [6.45, 7) is 0.804. The summed E-state index contributed by atoms with van der Waals surface area (Å²) in [4.78, 5) is 25.1. The number of aliphatic hydroxyl groups is 1. The lowest BCUT2D eigenvalue weighted by atomic mass is 10.1. The van der Waals surface area contributed by atoms with Crippen LogP contribution in [0.3, 0.4) is 0 Å². The Morgan fingerprint density at radius 1 is 1.16 bits per heavy atom. The maximum atomic E-state index is 12.0. The quantitative estimate of drug-likeness (QED) is 0.846. The summed E-state index contributed by atoms with van der Waals surface area (Å²) in [5, 5.41) is 12.0. The van der Waals surface area contributed by atoms with Crippen LogP contribution in [0.1, 0.15) is 23.2 Å². The average molecular weight is 260 g/mol. The van der Waals surface area contributed by atoms with Crippen molar-refractivity contribution in [1.82, 2.24) is 4.90 Å². The van der Waals surface area contributed by atoms with Gasteiger partial charge in [0.1, 0.15) is 0 Å². The van der Waals surface area contributed by atoms with E-state index in [1.807, 2.05) is 0 Å². The molecule has 1 saturated heterocycles. The van der Waals surface area contributed by atoms with Gasteiger partial charge in [-0.2, -0.15) is 0 Å². The Hall–Kier alpha value is -1.88. The van der Waals surface area contributed by atoms with Crippen molar-refractivity contribution in [3.63, 3.8) is 0 Å². The van der Waals surface area contributed by atoms with Gasteiger partial charge in [-0.25, -0.2) is 0 Å². The van der Waals surface area contributed by atoms with Gasteiger partial charge in [-0.1, -0.05) is 0 Å². The SMILES string of the molecule is O=C(Nc1ccc(C(=O)N2CC(O)C2)cc1)C1CC1. The van der Waals surface area contributed by atoms with Crippen LogP contribution in [-0.2, 0) is 4.79 Å². The molecule has 2 N–H and O–H groups in total. The Balaban J connectivity index is 1.61. The van der Waals surface area contributed by atoms with E-state index >= 15 is 0 Å². The molecule has 2 amide bonds. The van der Waals surface area contributed by atoms with E-state index in [1.165, 1.54) is 0 Å². The molecular formula is C14H16N2O3. The van der Waals surface area contributed by atoms with Gasteiger partial charge in [0.15, 0.2) is 0 Å². The third-order valence-corrected chi connectivity index (χ3v) is 3.50. The first-order chi connectivity index (χ1) is 9.13. The van der Waals surface area contributed by atoms with Gasteiger partial charge in [0.25, 0.3) is 5.91 Å². The van der Waals surface area contributed by atoms with Crippen molar-refractivity contribution >= 4 is 17.5 Å². The van der Waals surface area contributed by atoms with Crippen molar-refractivity contribution in [2.24, 2.45) is 5.92 Å². The van der Waals surface area contributed by atoms with Crippen LogP contribution in [0, 0.1) is 5.92 Å². The van der Waals surface area contributed by atoms with E-state index in [0.29, 0.717) is 18.7 Å². The minimum absolute atomic E-state index is 0.0601. The molecule has 0 atom stereocenters. The summed E-state index contributed by atoms with van der Waals surface area (Å²) in [5.74, 6) is 0.152. The van der Waals surface area contributed by atoms with Gasteiger partial charge in [-0.05, 0) is 37.1 Å². The van der Waals surface area contributed by atoms with Gasteiger partial charge in [0, 0.05) is 30.3 Å². The molecule has 5 heteroatoms. The summed E-state index contributed by atoms with van der Waals surface area (Å²) < 4.78 is 0. The van der Waals surface area contributed by atoms with Crippen LogP contribution in [0.4, 0.5) is 5.69 Å². The van der Waals surface area contributed by atoms with Crippen molar-refractivity contribution < 1.29 is 14.7 Å². The first kappa shape index (κ1) is 12.2. The largest absolute Gasteiger partial charge is 0.389 e. The normalized spacial score (nSPS) is 18.9. The van der Waals surface area contributed by atoms with Gasteiger partial charge in [0.05, 0.1) is 6.10 Å². The van der Waals surface area contributed by atoms with Gasteiger partial charge < -0.3 is 15.3 Å². The summed E-state index contributed by atoms with van der Waals surface area (Å²) in [6.07, 6.45) is 1.56. The third-order valence-electron chi connectivity index (χ3n) is 3.50. The molecule has 0 spiro atoms. The molecule has 5 nitrogen and oxygen atoms in total. The third kappa shape index (κ3) is 2.61. The molecule has 1 aliphatic heterocycles. The fourth-order valence-electron chi connectivity index (χ4n) is 2.09. The zero-order valence-corrected chi connectivity index (χ0v) is 10.5. The van der Waals surface area contributed by atoms with Crippen LogP contribution in [0.2, 0.25) is 0 Å². The minimum atomic E-state index is -0.388. The Morgan fingerprint density at radius 3 is 2.32 bits per heavy atom. The number of amides is 2. The second-order valence-corrected chi connectivity index (χ2v) is 5.20. The zero-order chi connectivity index (χ0) is 13.4. The van der Waals surface area contributed by atoms with E-state index in [0.717, 1.165) is 18.5 Å². The molecule has 1 aromatic carbocycles. The predicted molar refractivity (Wildman–Crippen MR) is 69.7 cm³/mol. The van der Waals surface area contributed by atoms with Crippen LogP contribution in [-0.4, -0.2) is 41.0 Å². The number of likely N-dealkylation sites (tertiary alicyclic amines) is 1. The van der Waals surface area contributed by atoms with E-state index in [4.69, 9.17) is 0 Å². The molecule has 1 heterocycles. The lowest BCUT2D eigenvalue weighted by Gasteiger charge is -2.35. The van der Waals surface area contributed by atoms with Crippen molar-refractivity contribution in [3.05, 3.63) is 29.8 Å². The van der Waals surface area contributed by atoms with Crippen LogP contribution in [0.5, 0.6) is 0 Å². The molecular weight excluding hydrogens is 244 g/mol. The van der Waals surface area contributed by atoms with Crippen LogP contribution in [0.25, 0.3) is 0 Å². The second-order valence-electron chi connectivity index (χ2n) is 5.20. The number of carbonyl (C=O) groups excluding carboxylic acids is 2. The highest BCUT2D eigenvalue weighted by Gasteiger charge is 2.30. The minimum Gasteiger partial charge on any atom is -0.389 e. The molecule has 19 heavy (non-hydrogen) atoms. The molecule has 2 fully saturated rings. The number of benzene rings is 1. The fourth-order valence-corrected chi connectivity index (χ4v) is 2.09. The zero-order valence-electron chi connectivity index (χ0n) is 10.5. The number of anilines is 1. The van der Waals surface area contributed by atoms with Gasteiger partial charge in [-0.15, -0.1) is 0 Å². The summed E-state index contributed by atoms with van der Waals surface area (Å²) >= 11 is 0. The van der Waals surface area contributed by atoms with E-state index in [1.54, 1.807) is 29.2 Å². The molecule has 0 bridgehead atoms. The number of hydrogen-bond donors (Lipinski definition) is 2. The topological polar surface area (TPSA) is 69.6 Å². The predicted octanol–water partition coefficient (Wildman–Crippen LogP) is 0.852. The maximum absolute atomic E-state index is 12.0. The second kappa shape index (κ2) is 4.66. The number of nitrogens with one attached hydrogen (secondary N) is 1. The lowest BCUT2D eigenvalue weighted by molar-refractivity contribution is -0.117. The maximum Gasteiger partial charge on any atom is 0.254 e. The number of hydrogen-bond acceptors (Lipinski definition) is 3. The molecule has 0 unspecified atom stereocenters. The van der Waals surface area contributed by atoms with Crippen molar-refractivity contribution in [1.29, 1.82) is 0 Å². The van der Waals surface area contributed by atoms with Crippen molar-refractivity contribution in [2.75, 3.05) is 18.4 Å². The fraction of sp³-hybridized carbons (Fsp3) is 0.429. The molecule has 0 aromatic heterocycles. The molecule has 1 aliphatic carbocycles. The molecule has 1 aromatic rings. The van der Waals surface area contributed by atoms with Crippen LogP contribution < -0.4 is 5.32 Å². The Labute approximate surface area is 111 Å². The van der Waals surface area contributed by atoms with Crippen LogP contribution >= 0.6 is 0 Å². The summed E-state index contributed by atoms with van der Waals surface area (Å²) in [6, 6.07) is 6.89. The Bertz CT molecular complexity index is 502. The van der Waals surface area contributed by atoms with Crippen LogP contribution in [0.15, 0.2) is 24.3 Å². The Kier molecular flexibility index (Phi) is 2.98. The van der Waals surface area contributed by atoms with E-state index in [-0.39, 0.29) is 23.8 Å². The highest BCUT2D eigenvalue weighted by molar-refractivity contribution is 5.97. The van der Waals surface area contributed by atoms with E-state index in [2.05, 4.69) is 5.32 Å². The first-order valence-corrected chi connectivity index (χ1v) is 6.52. The summed E-state index contributed by atoms with van der Waals surface area (Å²) in [7, 11) is 0. The summed E-state index contributed by atoms with van der Waals surface area (Å²) in [5.41, 5.74) is 1.30. The number of carbonyl (C=O) groups is 2. The van der Waals surface area contributed by atoms with Crippen molar-refractivity contribution in [2.45, 2.75) is 18.9 Å². The number of rotatable bonds is 3. The monoisotopic (exact) mass is 260 g/mol. The average Bonchev–Trinajstić information content (AvgIpc) is 3.19. The smallest absolute Gasteiger partial charge is 0.254 e. The van der Waals surface area contributed by atoms with E-state index < -0.39 is 0 Å². The highest BCUT2D eigenvalue weighted by Crippen LogP contribution is 2.30. The molecule has 3 rings (SSSR count).